The number of carbonyl (C=O) groups excluding carboxylic acids is 1. The van der Waals surface area contributed by atoms with Crippen molar-refractivity contribution in [2.45, 2.75) is 19.9 Å². The normalized spacial score (nSPS) is 20.2. The Morgan fingerprint density at radius 2 is 2.12 bits per heavy atom. The molecule has 2 N–H and O–H groups in total. The molecule has 0 saturated carbocycles. The van der Waals surface area contributed by atoms with Gasteiger partial charge in [0.05, 0.1) is 17.6 Å². The first-order chi connectivity index (χ1) is 12.3. The van der Waals surface area contributed by atoms with E-state index >= 15 is 0 Å². The highest BCUT2D eigenvalue weighted by Gasteiger charge is 2.35. The van der Waals surface area contributed by atoms with Crippen LogP contribution in [0.15, 0.2) is 28.2 Å². The van der Waals surface area contributed by atoms with Gasteiger partial charge in [-0.1, -0.05) is 11.6 Å². The van der Waals surface area contributed by atoms with Crippen LogP contribution in [0.25, 0.3) is 0 Å². The van der Waals surface area contributed by atoms with Gasteiger partial charge in [-0.3, -0.25) is 20.6 Å². The molecule has 1 amide bonds. The van der Waals surface area contributed by atoms with Crippen LogP contribution in [0.4, 0.5) is 4.39 Å². The molecule has 1 atom stereocenters. The molecular weight excluding hydrogens is 359 g/mol. The van der Waals surface area contributed by atoms with Gasteiger partial charge < -0.3 is 9.80 Å². The van der Waals surface area contributed by atoms with Gasteiger partial charge in [-0.15, -0.1) is 0 Å². The average Bonchev–Trinajstić information content (AvgIpc) is 3.05. The van der Waals surface area contributed by atoms with Crippen molar-refractivity contribution in [3.05, 3.63) is 34.6 Å². The summed E-state index contributed by atoms with van der Waals surface area (Å²) < 4.78 is 13.3. The number of aliphatic imine (C=N–C) groups is 2. The average molecular weight is 377 g/mol. The number of benzene rings is 1. The zero-order valence-corrected chi connectivity index (χ0v) is 15.1. The van der Waals surface area contributed by atoms with Gasteiger partial charge in [0.2, 0.25) is 0 Å². The lowest BCUT2D eigenvalue weighted by Gasteiger charge is -2.41. The molecule has 1 unspecified atom stereocenters. The Bertz CT molecular complexity index is 865. The monoisotopic (exact) mass is 376 g/mol. The van der Waals surface area contributed by atoms with Crippen molar-refractivity contribution in [3.8, 4) is 0 Å². The fourth-order valence-electron chi connectivity index (χ4n) is 2.94. The van der Waals surface area contributed by atoms with E-state index < -0.39 is 11.9 Å². The molecule has 1 fully saturated rings. The molecule has 0 radical (unpaired) electrons. The van der Waals surface area contributed by atoms with Crippen LogP contribution in [0.2, 0.25) is 5.02 Å². The number of piperazine rings is 1. The van der Waals surface area contributed by atoms with E-state index in [2.05, 4.69) is 9.98 Å². The summed E-state index contributed by atoms with van der Waals surface area (Å²) >= 11 is 5.76. The number of hydrogen-bond acceptors (Lipinski definition) is 5. The van der Waals surface area contributed by atoms with Crippen LogP contribution in [0.1, 0.15) is 24.2 Å². The Morgan fingerprint density at radius 3 is 2.73 bits per heavy atom. The van der Waals surface area contributed by atoms with E-state index in [9.17, 15) is 9.18 Å². The van der Waals surface area contributed by atoms with Crippen LogP contribution in [0.3, 0.4) is 0 Å². The van der Waals surface area contributed by atoms with E-state index in [1.165, 1.54) is 17.0 Å². The molecule has 0 bridgehead atoms. The van der Waals surface area contributed by atoms with Crippen molar-refractivity contribution in [2.24, 2.45) is 9.98 Å². The second-order valence-corrected chi connectivity index (χ2v) is 6.52. The van der Waals surface area contributed by atoms with E-state index in [0.717, 1.165) is 6.07 Å². The van der Waals surface area contributed by atoms with Crippen molar-refractivity contribution in [1.82, 2.24) is 9.80 Å². The van der Waals surface area contributed by atoms with Gasteiger partial charge >= 0.3 is 0 Å². The molecule has 0 aromatic heterocycles. The lowest BCUT2D eigenvalue weighted by Crippen LogP contribution is -2.59. The standard InChI is InChI=1S/C17H18ClFN6O/c1-9-15(20)25(16(21)14-8-22-10(2)23-14)6-5-24(9)17(26)11-3-4-13(19)12(18)7-11/h3-4,7,9,20-21H,5-6,8H2,1-2H3. The van der Waals surface area contributed by atoms with E-state index in [1.807, 2.05) is 0 Å². The smallest absolute Gasteiger partial charge is 0.254 e. The van der Waals surface area contributed by atoms with Crippen LogP contribution in [0.5, 0.6) is 0 Å². The maximum atomic E-state index is 13.3. The first kappa shape index (κ1) is 18.2. The largest absolute Gasteiger partial charge is 0.327 e. The van der Waals surface area contributed by atoms with Gasteiger partial charge in [0, 0.05) is 18.7 Å². The molecule has 9 heteroatoms. The maximum absolute atomic E-state index is 13.3. The minimum atomic E-state index is -0.586. The topological polar surface area (TPSA) is 96.0 Å². The Labute approximate surface area is 155 Å². The predicted molar refractivity (Wildman–Crippen MR) is 99.5 cm³/mol. The van der Waals surface area contributed by atoms with Gasteiger partial charge in [0.15, 0.2) is 0 Å². The highest BCUT2D eigenvalue weighted by molar-refractivity contribution is 6.45. The molecule has 2 aliphatic heterocycles. The third-order valence-corrected chi connectivity index (χ3v) is 4.73. The maximum Gasteiger partial charge on any atom is 0.254 e. The number of halogens is 2. The summed E-state index contributed by atoms with van der Waals surface area (Å²) in [6.45, 7) is 4.45. The molecule has 7 nitrogen and oxygen atoms in total. The van der Waals surface area contributed by atoms with Gasteiger partial charge in [0.1, 0.15) is 29.0 Å². The van der Waals surface area contributed by atoms with E-state index in [4.69, 9.17) is 22.4 Å². The van der Waals surface area contributed by atoms with Gasteiger partial charge in [-0.05, 0) is 32.0 Å². The summed E-state index contributed by atoms with van der Waals surface area (Å²) in [5.41, 5.74) is 0.785. The number of amidine groups is 3. The SMILES string of the molecule is CC1=NCC(C(=N)N2CCN(C(=O)c3ccc(F)c(Cl)c3)C(C)C2=N)=N1. The second kappa shape index (κ2) is 6.95. The Kier molecular flexibility index (Phi) is 4.86. The number of nitrogens with one attached hydrogen (secondary N) is 2. The molecule has 136 valence electrons. The number of rotatable bonds is 2. The zero-order valence-electron chi connectivity index (χ0n) is 14.4. The summed E-state index contributed by atoms with van der Waals surface area (Å²) in [5.74, 6) is -0.0226. The van der Waals surface area contributed by atoms with Gasteiger partial charge in [0.25, 0.3) is 5.91 Å². The molecular formula is C17H18ClFN6O. The van der Waals surface area contributed by atoms with E-state index in [-0.39, 0.29) is 28.2 Å². The molecule has 1 saturated heterocycles. The van der Waals surface area contributed by atoms with Crippen molar-refractivity contribution in [3.63, 3.8) is 0 Å². The fourth-order valence-corrected chi connectivity index (χ4v) is 3.12. The Hall–Kier alpha value is -2.61. The number of hydrogen-bond donors (Lipinski definition) is 2. The minimum absolute atomic E-state index is 0.117. The third-order valence-electron chi connectivity index (χ3n) is 4.44. The number of nitrogens with zero attached hydrogens (tertiary/aromatic N) is 4. The van der Waals surface area contributed by atoms with Crippen LogP contribution in [0, 0.1) is 16.6 Å². The summed E-state index contributed by atoms with van der Waals surface area (Å²) in [6, 6.07) is 3.28. The number of amides is 1. The highest BCUT2D eigenvalue weighted by atomic mass is 35.5. The second-order valence-electron chi connectivity index (χ2n) is 6.11. The first-order valence-corrected chi connectivity index (χ1v) is 8.47. The van der Waals surface area contributed by atoms with Crippen LogP contribution in [-0.4, -0.2) is 64.6 Å². The van der Waals surface area contributed by atoms with Gasteiger partial charge in [-0.2, -0.15) is 0 Å². The van der Waals surface area contributed by atoms with Crippen LogP contribution in [-0.2, 0) is 0 Å². The Balaban J connectivity index is 1.75. The third kappa shape index (κ3) is 3.24. The molecule has 0 spiro atoms. The molecule has 2 heterocycles. The minimum Gasteiger partial charge on any atom is -0.327 e. The molecule has 1 aromatic carbocycles. The van der Waals surface area contributed by atoms with Crippen LogP contribution >= 0.6 is 11.6 Å². The quantitative estimate of drug-likeness (QED) is 0.612. The lowest BCUT2D eigenvalue weighted by molar-refractivity contribution is 0.0701. The molecule has 26 heavy (non-hydrogen) atoms. The van der Waals surface area contributed by atoms with Crippen molar-refractivity contribution in [2.75, 3.05) is 19.6 Å². The summed E-state index contributed by atoms with van der Waals surface area (Å²) in [4.78, 5) is 24.2. The highest BCUT2D eigenvalue weighted by Crippen LogP contribution is 2.20. The van der Waals surface area contributed by atoms with E-state index in [1.54, 1.807) is 18.7 Å². The zero-order chi connectivity index (χ0) is 19.0. The molecule has 3 rings (SSSR count). The molecule has 2 aliphatic rings. The summed E-state index contributed by atoms with van der Waals surface area (Å²) in [7, 11) is 0. The van der Waals surface area contributed by atoms with Crippen molar-refractivity contribution >= 4 is 40.7 Å². The van der Waals surface area contributed by atoms with Crippen LogP contribution < -0.4 is 0 Å². The first-order valence-electron chi connectivity index (χ1n) is 8.09. The number of carbonyl (C=O) groups is 1. The fraction of sp³-hybridized carbons (Fsp3) is 0.353. The summed E-state index contributed by atoms with van der Waals surface area (Å²) in [5, 5.41) is 16.6. The predicted octanol–water partition coefficient (Wildman–Crippen LogP) is 2.45. The van der Waals surface area contributed by atoms with E-state index in [0.29, 0.717) is 31.2 Å². The van der Waals surface area contributed by atoms with Crippen molar-refractivity contribution in [1.29, 1.82) is 10.8 Å². The Morgan fingerprint density at radius 1 is 1.38 bits per heavy atom. The summed E-state index contributed by atoms with van der Waals surface area (Å²) in [6.07, 6.45) is 0. The molecule has 1 aromatic rings. The molecule has 0 aliphatic carbocycles. The lowest BCUT2D eigenvalue weighted by atomic mass is 10.1. The van der Waals surface area contributed by atoms with Crippen molar-refractivity contribution < 1.29 is 9.18 Å². The van der Waals surface area contributed by atoms with Gasteiger partial charge in [-0.25, -0.2) is 9.38 Å².